The lowest BCUT2D eigenvalue weighted by molar-refractivity contribution is -0.109. The van der Waals surface area contributed by atoms with Crippen molar-refractivity contribution >= 4 is 6.29 Å². The van der Waals surface area contributed by atoms with Crippen LogP contribution in [0, 0.1) is 0 Å². The highest BCUT2D eigenvalue weighted by atomic mass is 16.1. The molecule has 1 aromatic heterocycles. The number of rotatable bonds is 2. The second kappa shape index (κ2) is 4.15. The van der Waals surface area contributed by atoms with Gasteiger partial charge in [0, 0.05) is 24.4 Å². The highest BCUT2D eigenvalue weighted by Crippen LogP contribution is 2.20. The molecule has 0 aliphatic carbocycles. The monoisotopic (exact) mass is 188 g/mol. The molecule has 2 rings (SSSR count). The molecule has 1 aliphatic heterocycles. The predicted molar refractivity (Wildman–Crippen MR) is 54.0 cm³/mol. The number of carbonyl (C=O) groups excluding carboxylic acids is 1. The maximum absolute atomic E-state index is 10.8. The van der Waals surface area contributed by atoms with Crippen molar-refractivity contribution in [3.8, 4) is 0 Å². The molecule has 0 amide bonds. The van der Waals surface area contributed by atoms with E-state index >= 15 is 0 Å². The molecule has 2 heterocycles. The van der Waals surface area contributed by atoms with E-state index in [9.17, 15) is 4.79 Å². The SMILES string of the molecule is O=CC1NCC=CC1c1ccccn1. The van der Waals surface area contributed by atoms with Crippen LogP contribution in [0.5, 0.6) is 0 Å². The molecule has 0 saturated heterocycles. The van der Waals surface area contributed by atoms with E-state index in [1.165, 1.54) is 0 Å². The smallest absolute Gasteiger partial charge is 0.137 e. The number of nitrogens with one attached hydrogen (secondary N) is 1. The molecule has 3 heteroatoms. The Morgan fingerprint density at radius 1 is 1.50 bits per heavy atom. The van der Waals surface area contributed by atoms with Crippen LogP contribution in [-0.4, -0.2) is 23.9 Å². The Bertz CT molecular complexity index is 334. The average Bonchev–Trinajstić information content (AvgIpc) is 2.30. The third kappa shape index (κ3) is 1.72. The molecule has 1 N–H and O–H groups in total. The minimum Gasteiger partial charge on any atom is -0.303 e. The van der Waals surface area contributed by atoms with Crippen molar-refractivity contribution < 1.29 is 4.79 Å². The van der Waals surface area contributed by atoms with E-state index in [4.69, 9.17) is 0 Å². The van der Waals surface area contributed by atoms with E-state index < -0.39 is 0 Å². The van der Waals surface area contributed by atoms with Crippen LogP contribution in [0.2, 0.25) is 0 Å². The Kier molecular flexibility index (Phi) is 2.70. The van der Waals surface area contributed by atoms with Crippen LogP contribution in [0.1, 0.15) is 11.6 Å². The second-order valence-electron chi connectivity index (χ2n) is 3.28. The van der Waals surface area contributed by atoms with Gasteiger partial charge in [0.15, 0.2) is 0 Å². The first-order chi connectivity index (χ1) is 6.92. The lowest BCUT2D eigenvalue weighted by Crippen LogP contribution is -2.38. The molecule has 0 spiro atoms. The normalized spacial score (nSPS) is 26.0. The number of aromatic nitrogens is 1. The molecular formula is C11H12N2O. The zero-order valence-electron chi connectivity index (χ0n) is 7.76. The van der Waals surface area contributed by atoms with Crippen molar-refractivity contribution in [2.45, 2.75) is 12.0 Å². The van der Waals surface area contributed by atoms with Crippen LogP contribution in [-0.2, 0) is 4.79 Å². The second-order valence-corrected chi connectivity index (χ2v) is 3.28. The van der Waals surface area contributed by atoms with Crippen LogP contribution in [0.4, 0.5) is 0 Å². The maximum atomic E-state index is 10.8. The van der Waals surface area contributed by atoms with Crippen molar-refractivity contribution in [2.24, 2.45) is 0 Å². The number of carbonyl (C=O) groups is 1. The summed E-state index contributed by atoms with van der Waals surface area (Å²) in [5.74, 6) is 0.0717. The van der Waals surface area contributed by atoms with Gasteiger partial charge < -0.3 is 10.1 Å². The summed E-state index contributed by atoms with van der Waals surface area (Å²) in [5, 5.41) is 3.12. The quantitative estimate of drug-likeness (QED) is 0.553. The van der Waals surface area contributed by atoms with Gasteiger partial charge in [-0.25, -0.2) is 0 Å². The van der Waals surface area contributed by atoms with Gasteiger partial charge in [-0.3, -0.25) is 4.98 Å². The molecule has 72 valence electrons. The van der Waals surface area contributed by atoms with Crippen molar-refractivity contribution in [1.82, 2.24) is 10.3 Å². The summed E-state index contributed by atoms with van der Waals surface area (Å²) in [6.07, 6.45) is 6.76. The summed E-state index contributed by atoms with van der Waals surface area (Å²) in [6.45, 7) is 0.757. The van der Waals surface area contributed by atoms with Gasteiger partial charge in [-0.05, 0) is 12.1 Å². The fourth-order valence-electron chi connectivity index (χ4n) is 1.65. The van der Waals surface area contributed by atoms with Crippen molar-refractivity contribution in [3.63, 3.8) is 0 Å². The topological polar surface area (TPSA) is 42.0 Å². The fraction of sp³-hybridized carbons (Fsp3) is 0.273. The first kappa shape index (κ1) is 9.09. The highest BCUT2D eigenvalue weighted by Gasteiger charge is 2.22. The van der Waals surface area contributed by atoms with Crippen LogP contribution < -0.4 is 5.32 Å². The van der Waals surface area contributed by atoms with Gasteiger partial charge in [0.1, 0.15) is 6.29 Å². The fourth-order valence-corrected chi connectivity index (χ4v) is 1.65. The minimum atomic E-state index is -0.144. The molecule has 3 nitrogen and oxygen atoms in total. The van der Waals surface area contributed by atoms with Gasteiger partial charge in [-0.1, -0.05) is 18.2 Å². The Labute approximate surface area is 82.9 Å². The molecule has 0 bridgehead atoms. The molecule has 0 fully saturated rings. The van der Waals surface area contributed by atoms with E-state index in [0.29, 0.717) is 0 Å². The largest absolute Gasteiger partial charge is 0.303 e. The Morgan fingerprint density at radius 3 is 3.14 bits per heavy atom. The van der Waals surface area contributed by atoms with E-state index in [-0.39, 0.29) is 12.0 Å². The number of pyridine rings is 1. The Balaban J connectivity index is 2.27. The molecular weight excluding hydrogens is 176 g/mol. The summed E-state index contributed by atoms with van der Waals surface area (Å²) in [6, 6.07) is 5.61. The number of nitrogens with zero attached hydrogens (tertiary/aromatic N) is 1. The zero-order valence-corrected chi connectivity index (χ0v) is 7.76. The third-order valence-corrected chi connectivity index (χ3v) is 2.38. The molecule has 0 saturated carbocycles. The first-order valence-electron chi connectivity index (χ1n) is 4.68. The van der Waals surface area contributed by atoms with E-state index in [0.717, 1.165) is 18.5 Å². The van der Waals surface area contributed by atoms with E-state index in [2.05, 4.69) is 10.3 Å². The standard InChI is InChI=1S/C11H12N2O/c14-8-11-9(4-3-7-13-11)10-5-1-2-6-12-10/h1-6,8-9,11,13H,7H2. The van der Waals surface area contributed by atoms with Gasteiger partial charge >= 0.3 is 0 Å². The first-order valence-corrected chi connectivity index (χ1v) is 4.68. The molecule has 0 radical (unpaired) electrons. The maximum Gasteiger partial charge on any atom is 0.137 e. The molecule has 14 heavy (non-hydrogen) atoms. The molecule has 1 aromatic rings. The van der Waals surface area contributed by atoms with Crippen LogP contribution in [0.3, 0.4) is 0 Å². The molecule has 2 unspecified atom stereocenters. The summed E-state index contributed by atoms with van der Waals surface area (Å²) >= 11 is 0. The minimum absolute atomic E-state index is 0.0717. The number of hydrogen-bond acceptors (Lipinski definition) is 3. The van der Waals surface area contributed by atoms with Crippen molar-refractivity contribution in [1.29, 1.82) is 0 Å². The van der Waals surface area contributed by atoms with Crippen LogP contribution in [0.25, 0.3) is 0 Å². The summed E-state index contributed by atoms with van der Waals surface area (Å²) < 4.78 is 0. The van der Waals surface area contributed by atoms with Crippen molar-refractivity contribution in [3.05, 3.63) is 42.2 Å². The van der Waals surface area contributed by atoms with Crippen LogP contribution in [0.15, 0.2) is 36.5 Å². The molecule has 2 atom stereocenters. The lowest BCUT2D eigenvalue weighted by Gasteiger charge is -2.23. The zero-order chi connectivity index (χ0) is 9.80. The summed E-state index contributed by atoms with van der Waals surface area (Å²) in [5.41, 5.74) is 0.938. The number of aldehydes is 1. The average molecular weight is 188 g/mol. The number of hydrogen-bond donors (Lipinski definition) is 1. The molecule has 1 aliphatic rings. The summed E-state index contributed by atoms with van der Waals surface area (Å²) in [4.78, 5) is 15.1. The summed E-state index contributed by atoms with van der Waals surface area (Å²) in [7, 11) is 0. The van der Waals surface area contributed by atoms with Gasteiger partial charge in [-0.15, -0.1) is 0 Å². The Hall–Kier alpha value is -1.48. The van der Waals surface area contributed by atoms with Gasteiger partial charge in [0.2, 0.25) is 0 Å². The lowest BCUT2D eigenvalue weighted by atomic mass is 9.93. The Morgan fingerprint density at radius 2 is 2.43 bits per heavy atom. The van der Waals surface area contributed by atoms with Crippen LogP contribution >= 0.6 is 0 Å². The van der Waals surface area contributed by atoms with Gasteiger partial charge in [0.05, 0.1) is 6.04 Å². The predicted octanol–water partition coefficient (Wildman–Crippen LogP) is 0.892. The van der Waals surface area contributed by atoms with Gasteiger partial charge in [0.25, 0.3) is 0 Å². The highest BCUT2D eigenvalue weighted by molar-refractivity contribution is 5.61. The van der Waals surface area contributed by atoms with E-state index in [1.54, 1.807) is 6.20 Å². The molecule has 0 aromatic carbocycles. The van der Waals surface area contributed by atoms with Gasteiger partial charge in [-0.2, -0.15) is 0 Å². The third-order valence-electron chi connectivity index (χ3n) is 2.38. The van der Waals surface area contributed by atoms with Crippen molar-refractivity contribution in [2.75, 3.05) is 6.54 Å². The van der Waals surface area contributed by atoms with E-state index in [1.807, 2.05) is 30.4 Å².